The second-order valence-corrected chi connectivity index (χ2v) is 6.39. The minimum Gasteiger partial charge on any atom is -0.447 e. The Morgan fingerprint density at radius 3 is 3.13 bits per heavy atom. The Morgan fingerprint density at radius 2 is 2.30 bits per heavy atom. The fourth-order valence-corrected chi connectivity index (χ4v) is 4.00. The van der Waals surface area contributed by atoms with E-state index in [2.05, 4.69) is 10.3 Å². The summed E-state index contributed by atoms with van der Waals surface area (Å²) in [4.78, 5) is 17.9. The van der Waals surface area contributed by atoms with Crippen molar-refractivity contribution in [2.24, 2.45) is 0 Å². The summed E-state index contributed by atoms with van der Waals surface area (Å²) in [7, 11) is 0. The van der Waals surface area contributed by atoms with Gasteiger partial charge in [-0.15, -0.1) is 11.3 Å². The van der Waals surface area contributed by atoms with Gasteiger partial charge in [0.15, 0.2) is 0 Å². The molecular weight excluding hydrogens is 315 g/mol. The van der Waals surface area contributed by atoms with Crippen LogP contribution in [0.5, 0.6) is 0 Å². The third kappa shape index (κ3) is 2.55. The Hall–Kier alpha value is -2.47. The summed E-state index contributed by atoms with van der Waals surface area (Å²) in [5.41, 5.74) is 2.76. The van der Waals surface area contributed by atoms with Crippen molar-refractivity contribution in [3.8, 4) is 10.4 Å². The van der Waals surface area contributed by atoms with Gasteiger partial charge in [0.25, 0.3) is 5.91 Å². The molecule has 0 saturated heterocycles. The Bertz CT molecular complexity index is 871. The van der Waals surface area contributed by atoms with Crippen LogP contribution in [-0.2, 0) is 19.4 Å². The van der Waals surface area contributed by atoms with Crippen LogP contribution in [0.15, 0.2) is 41.1 Å². The van der Waals surface area contributed by atoms with E-state index in [0.29, 0.717) is 17.2 Å². The lowest BCUT2D eigenvalue weighted by Gasteiger charge is -2.16. The summed E-state index contributed by atoms with van der Waals surface area (Å²) in [6.07, 6.45) is 4.43. The first-order valence-electron chi connectivity index (χ1n) is 7.29. The van der Waals surface area contributed by atoms with Crippen molar-refractivity contribution in [2.45, 2.75) is 19.4 Å². The highest BCUT2D eigenvalue weighted by atomic mass is 32.1. The molecule has 4 rings (SSSR count). The third-order valence-corrected chi connectivity index (χ3v) is 5.13. The fourth-order valence-electron chi connectivity index (χ4n) is 2.82. The lowest BCUT2D eigenvalue weighted by Crippen LogP contribution is -2.21. The molecule has 23 heavy (non-hydrogen) atoms. The lowest BCUT2D eigenvalue weighted by atomic mass is 9.91. The number of benzene rings is 1. The van der Waals surface area contributed by atoms with Crippen molar-refractivity contribution in [1.29, 1.82) is 0 Å². The van der Waals surface area contributed by atoms with E-state index in [0.717, 1.165) is 28.0 Å². The van der Waals surface area contributed by atoms with Gasteiger partial charge in [-0.25, -0.2) is 9.37 Å². The molecule has 0 spiro atoms. The molecule has 2 heterocycles. The summed E-state index contributed by atoms with van der Waals surface area (Å²) in [5.74, 6) is 0.129. The number of carbonyl (C=O) groups is 1. The van der Waals surface area contributed by atoms with Gasteiger partial charge in [-0.05, 0) is 41.7 Å². The van der Waals surface area contributed by atoms with Crippen LogP contribution >= 0.6 is 11.3 Å². The maximum atomic E-state index is 13.9. The Morgan fingerprint density at radius 1 is 1.39 bits per heavy atom. The van der Waals surface area contributed by atoms with E-state index in [4.69, 9.17) is 4.42 Å². The standard InChI is InChI=1S/C17H13FN2O2S/c18-13-3-1-2-12-11(13)5-4-10-8-14(23-16(10)12)17(21)20-9-15-19-6-7-22-15/h1-3,6-8H,4-5,9H2,(H,20,21). The molecule has 1 N–H and O–H groups in total. The van der Waals surface area contributed by atoms with Gasteiger partial charge in [0.2, 0.25) is 5.89 Å². The first-order valence-corrected chi connectivity index (χ1v) is 8.11. The number of carbonyl (C=O) groups excluding carboxylic acids is 1. The second-order valence-electron chi connectivity index (χ2n) is 5.34. The number of hydrogen-bond acceptors (Lipinski definition) is 4. The quantitative estimate of drug-likeness (QED) is 0.800. The number of rotatable bonds is 3. The van der Waals surface area contributed by atoms with Gasteiger partial charge >= 0.3 is 0 Å². The van der Waals surface area contributed by atoms with Crippen molar-refractivity contribution < 1.29 is 13.6 Å². The minimum absolute atomic E-state index is 0.166. The minimum atomic E-state index is -0.170. The Balaban J connectivity index is 1.60. The molecule has 1 amide bonds. The first-order chi connectivity index (χ1) is 11.2. The molecule has 2 aromatic heterocycles. The van der Waals surface area contributed by atoms with E-state index in [1.165, 1.54) is 29.9 Å². The Kier molecular flexibility index (Phi) is 3.46. The summed E-state index contributed by atoms with van der Waals surface area (Å²) in [6, 6.07) is 7.02. The average Bonchev–Trinajstić information content (AvgIpc) is 3.22. The van der Waals surface area contributed by atoms with Gasteiger partial charge in [-0.3, -0.25) is 4.79 Å². The van der Waals surface area contributed by atoms with Gasteiger partial charge < -0.3 is 9.73 Å². The van der Waals surface area contributed by atoms with E-state index < -0.39 is 0 Å². The zero-order valence-electron chi connectivity index (χ0n) is 12.1. The molecule has 4 nitrogen and oxygen atoms in total. The number of thiophene rings is 1. The van der Waals surface area contributed by atoms with Crippen molar-refractivity contribution in [3.63, 3.8) is 0 Å². The summed E-state index contributed by atoms with van der Waals surface area (Å²) >= 11 is 1.40. The molecule has 116 valence electrons. The number of nitrogens with zero attached hydrogens (tertiary/aromatic N) is 1. The van der Waals surface area contributed by atoms with Crippen LogP contribution in [-0.4, -0.2) is 10.9 Å². The largest absolute Gasteiger partial charge is 0.447 e. The predicted octanol–water partition coefficient (Wildman–Crippen LogP) is 3.57. The van der Waals surface area contributed by atoms with Gasteiger partial charge in [-0.2, -0.15) is 0 Å². The Labute approximate surface area is 136 Å². The molecule has 0 radical (unpaired) electrons. The predicted molar refractivity (Wildman–Crippen MR) is 84.8 cm³/mol. The molecule has 0 unspecified atom stereocenters. The molecular formula is C17H13FN2O2S. The molecule has 0 saturated carbocycles. The molecule has 0 bridgehead atoms. The van der Waals surface area contributed by atoms with E-state index in [9.17, 15) is 9.18 Å². The van der Waals surface area contributed by atoms with E-state index in [-0.39, 0.29) is 18.3 Å². The molecule has 0 atom stereocenters. The van der Waals surface area contributed by atoms with Crippen molar-refractivity contribution in [3.05, 3.63) is 64.4 Å². The highest BCUT2D eigenvalue weighted by Crippen LogP contribution is 2.40. The molecule has 1 aromatic carbocycles. The van der Waals surface area contributed by atoms with Crippen molar-refractivity contribution in [2.75, 3.05) is 0 Å². The van der Waals surface area contributed by atoms with E-state index >= 15 is 0 Å². The summed E-state index contributed by atoms with van der Waals surface area (Å²) in [6.45, 7) is 0.250. The fraction of sp³-hybridized carbons (Fsp3) is 0.176. The van der Waals surface area contributed by atoms with Gasteiger partial charge in [-0.1, -0.05) is 12.1 Å². The number of aromatic nitrogens is 1. The van der Waals surface area contributed by atoms with Crippen LogP contribution in [0, 0.1) is 5.82 Å². The topological polar surface area (TPSA) is 55.1 Å². The van der Waals surface area contributed by atoms with Crippen LogP contribution < -0.4 is 5.32 Å². The van der Waals surface area contributed by atoms with Gasteiger partial charge in [0.05, 0.1) is 17.6 Å². The van der Waals surface area contributed by atoms with E-state index in [1.807, 2.05) is 12.1 Å². The number of oxazole rings is 1. The number of hydrogen-bond donors (Lipinski definition) is 1. The lowest BCUT2D eigenvalue weighted by molar-refractivity contribution is 0.0951. The molecule has 1 aliphatic rings. The van der Waals surface area contributed by atoms with Crippen molar-refractivity contribution in [1.82, 2.24) is 10.3 Å². The number of nitrogens with one attached hydrogen (secondary N) is 1. The molecule has 0 aliphatic heterocycles. The SMILES string of the molecule is O=C(NCc1ncco1)c1cc2c(s1)-c1cccc(F)c1CC2. The second kappa shape index (κ2) is 5.62. The zero-order chi connectivity index (χ0) is 15.8. The summed E-state index contributed by atoms with van der Waals surface area (Å²) in [5, 5.41) is 2.79. The zero-order valence-corrected chi connectivity index (χ0v) is 13.0. The maximum Gasteiger partial charge on any atom is 0.261 e. The number of amides is 1. The third-order valence-electron chi connectivity index (χ3n) is 3.92. The highest BCUT2D eigenvalue weighted by Gasteiger charge is 2.23. The molecule has 6 heteroatoms. The summed E-state index contributed by atoms with van der Waals surface area (Å²) < 4.78 is 19.0. The van der Waals surface area contributed by atoms with E-state index in [1.54, 1.807) is 6.07 Å². The molecule has 0 fully saturated rings. The molecule has 1 aliphatic carbocycles. The smallest absolute Gasteiger partial charge is 0.261 e. The highest BCUT2D eigenvalue weighted by molar-refractivity contribution is 7.17. The molecule has 3 aromatic rings. The van der Waals surface area contributed by atoms with Crippen LogP contribution in [0.2, 0.25) is 0 Å². The number of fused-ring (bicyclic) bond motifs is 3. The number of halogens is 1. The van der Waals surface area contributed by atoms with Crippen LogP contribution in [0.25, 0.3) is 10.4 Å². The normalized spacial score (nSPS) is 12.6. The van der Waals surface area contributed by atoms with Crippen molar-refractivity contribution >= 4 is 17.2 Å². The van der Waals surface area contributed by atoms with Crippen LogP contribution in [0.3, 0.4) is 0 Å². The van der Waals surface area contributed by atoms with Crippen LogP contribution in [0.4, 0.5) is 4.39 Å². The average molecular weight is 328 g/mol. The number of aryl methyl sites for hydroxylation is 1. The maximum absolute atomic E-state index is 13.9. The first kappa shape index (κ1) is 14.1. The van der Waals surface area contributed by atoms with Crippen LogP contribution in [0.1, 0.15) is 26.7 Å². The van der Waals surface area contributed by atoms with Gasteiger partial charge in [0.1, 0.15) is 12.1 Å². The monoisotopic (exact) mass is 328 g/mol. The van der Waals surface area contributed by atoms with Gasteiger partial charge in [0, 0.05) is 4.88 Å².